The number of rotatable bonds is 4. The quantitative estimate of drug-likeness (QED) is 0.404. The molecule has 1 aliphatic rings. The Hall–Kier alpha value is -2.69. The lowest BCUT2D eigenvalue weighted by molar-refractivity contribution is -0.137. The molecule has 2 aromatic heterocycles. The van der Waals surface area contributed by atoms with Crippen LogP contribution in [0.15, 0.2) is 47.5 Å². The topological polar surface area (TPSA) is 56.8 Å². The SMILES string of the molecule is FC(F)(F)c1cc(Cl)c2nc(Nc3ccc(SN4C=c5cnsc5=CC4)cc3)[nH]c2c1. The minimum atomic E-state index is -4.48. The number of aromatic amines is 1. The standard InChI is InChI=1S/C20H13ClF3N5S2/c21-15-7-12(20(22,23)24)8-16-18(15)28-19(27-16)26-13-1-3-14(4-2-13)31-29-6-5-17-11(10-29)9-25-30-17/h1-5,7-10H,6H2,(H2,26,27,28). The summed E-state index contributed by atoms with van der Waals surface area (Å²) in [4.78, 5) is 8.17. The third kappa shape index (κ3) is 4.23. The molecule has 5 rings (SSSR count). The fourth-order valence-corrected chi connectivity index (χ4v) is 4.87. The predicted octanol–water partition coefficient (Wildman–Crippen LogP) is 4.98. The van der Waals surface area contributed by atoms with Crippen molar-refractivity contribution in [1.82, 2.24) is 18.6 Å². The van der Waals surface area contributed by atoms with Gasteiger partial charge in [-0.05, 0) is 66.0 Å². The zero-order valence-electron chi connectivity index (χ0n) is 15.6. The molecule has 0 saturated carbocycles. The van der Waals surface area contributed by atoms with Crippen molar-refractivity contribution in [2.24, 2.45) is 0 Å². The molecule has 4 aromatic rings. The maximum Gasteiger partial charge on any atom is 0.416 e. The number of H-pyrrole nitrogens is 1. The molecular weight excluding hydrogens is 467 g/mol. The molecule has 0 unspecified atom stereocenters. The minimum absolute atomic E-state index is 0.0561. The molecule has 0 aliphatic carbocycles. The van der Waals surface area contributed by atoms with Crippen LogP contribution in [0.2, 0.25) is 5.02 Å². The second kappa shape index (κ2) is 7.77. The van der Waals surface area contributed by atoms with Gasteiger partial charge in [0.2, 0.25) is 5.95 Å². The van der Waals surface area contributed by atoms with Crippen molar-refractivity contribution in [3.8, 4) is 0 Å². The molecule has 1 aliphatic heterocycles. The largest absolute Gasteiger partial charge is 0.416 e. The first-order chi connectivity index (χ1) is 14.8. The van der Waals surface area contributed by atoms with Crippen LogP contribution in [-0.2, 0) is 6.18 Å². The van der Waals surface area contributed by atoms with Crippen molar-refractivity contribution in [2.45, 2.75) is 11.1 Å². The molecule has 0 radical (unpaired) electrons. The van der Waals surface area contributed by atoms with Crippen LogP contribution in [0.3, 0.4) is 0 Å². The van der Waals surface area contributed by atoms with Crippen molar-refractivity contribution in [1.29, 1.82) is 0 Å². The van der Waals surface area contributed by atoms with Gasteiger partial charge in [0.15, 0.2) is 0 Å². The second-order valence-electron chi connectivity index (χ2n) is 6.76. The Morgan fingerprint density at radius 3 is 2.77 bits per heavy atom. The van der Waals surface area contributed by atoms with Gasteiger partial charge in [-0.2, -0.15) is 17.5 Å². The fraction of sp³-hybridized carbons (Fsp3) is 0.100. The van der Waals surface area contributed by atoms with Crippen molar-refractivity contribution >= 4 is 70.0 Å². The summed E-state index contributed by atoms with van der Waals surface area (Å²) < 4.78 is 46.5. The molecule has 0 atom stereocenters. The van der Waals surface area contributed by atoms with E-state index in [-0.39, 0.29) is 16.1 Å². The number of anilines is 2. The molecule has 0 amide bonds. The summed E-state index contributed by atoms with van der Waals surface area (Å²) in [5, 5.41) is 4.12. The van der Waals surface area contributed by atoms with E-state index in [1.165, 1.54) is 16.1 Å². The normalized spacial score (nSPS) is 13.6. The molecule has 0 spiro atoms. The lowest BCUT2D eigenvalue weighted by atomic mass is 10.2. The monoisotopic (exact) mass is 479 g/mol. The Bertz CT molecular complexity index is 1380. The zero-order chi connectivity index (χ0) is 21.6. The molecule has 3 heterocycles. The predicted molar refractivity (Wildman–Crippen MR) is 119 cm³/mol. The highest BCUT2D eigenvalue weighted by Gasteiger charge is 2.31. The number of halogens is 4. The molecule has 31 heavy (non-hydrogen) atoms. The van der Waals surface area contributed by atoms with Crippen molar-refractivity contribution in [2.75, 3.05) is 11.9 Å². The molecule has 158 valence electrons. The van der Waals surface area contributed by atoms with Crippen LogP contribution in [-0.4, -0.2) is 25.2 Å². The summed E-state index contributed by atoms with van der Waals surface area (Å²) in [5.41, 5.74) is 0.421. The van der Waals surface area contributed by atoms with Gasteiger partial charge in [0, 0.05) is 28.5 Å². The first-order valence-electron chi connectivity index (χ1n) is 9.06. The second-order valence-corrected chi connectivity index (χ2v) is 9.12. The van der Waals surface area contributed by atoms with Crippen molar-refractivity contribution in [3.05, 3.63) is 62.9 Å². The van der Waals surface area contributed by atoms with E-state index in [0.29, 0.717) is 5.95 Å². The van der Waals surface area contributed by atoms with Gasteiger partial charge in [0.05, 0.1) is 26.8 Å². The maximum atomic E-state index is 13.0. The summed E-state index contributed by atoms with van der Waals surface area (Å²) in [6.45, 7) is 0.791. The van der Waals surface area contributed by atoms with Crippen molar-refractivity contribution < 1.29 is 13.2 Å². The highest BCUT2D eigenvalue weighted by molar-refractivity contribution is 7.97. The van der Waals surface area contributed by atoms with Crippen LogP contribution in [0.5, 0.6) is 0 Å². The molecule has 2 N–H and O–H groups in total. The summed E-state index contributed by atoms with van der Waals surface area (Å²) in [5.74, 6) is 0.313. The summed E-state index contributed by atoms with van der Waals surface area (Å²) in [6.07, 6.45) is 1.60. The summed E-state index contributed by atoms with van der Waals surface area (Å²) in [7, 11) is 0. The van der Waals surface area contributed by atoms with Gasteiger partial charge >= 0.3 is 6.18 Å². The van der Waals surface area contributed by atoms with Crippen molar-refractivity contribution in [3.63, 3.8) is 0 Å². The number of alkyl halides is 3. The number of hydrogen-bond donors (Lipinski definition) is 2. The first kappa shape index (κ1) is 20.2. The average molecular weight is 480 g/mol. The number of nitrogens with zero attached hydrogens (tertiary/aromatic N) is 3. The van der Waals surface area contributed by atoms with Gasteiger partial charge in [0.1, 0.15) is 5.52 Å². The van der Waals surface area contributed by atoms with E-state index >= 15 is 0 Å². The van der Waals surface area contributed by atoms with Crippen LogP contribution >= 0.6 is 35.1 Å². The van der Waals surface area contributed by atoms with Gasteiger partial charge in [-0.25, -0.2) is 4.98 Å². The number of benzene rings is 2. The highest BCUT2D eigenvalue weighted by Crippen LogP contribution is 2.35. The smallest absolute Gasteiger partial charge is 0.326 e. The van der Waals surface area contributed by atoms with Crippen LogP contribution < -0.4 is 15.1 Å². The Balaban J connectivity index is 1.31. The van der Waals surface area contributed by atoms with E-state index in [1.807, 2.05) is 30.5 Å². The Morgan fingerprint density at radius 2 is 2.00 bits per heavy atom. The number of imidazole rings is 1. The zero-order valence-corrected chi connectivity index (χ0v) is 18.0. The van der Waals surface area contributed by atoms with E-state index in [2.05, 4.69) is 36.2 Å². The van der Waals surface area contributed by atoms with E-state index in [1.54, 1.807) is 11.9 Å². The van der Waals surface area contributed by atoms with E-state index in [9.17, 15) is 13.2 Å². The molecule has 0 fully saturated rings. The third-order valence-corrected chi connectivity index (χ3v) is 6.64. The summed E-state index contributed by atoms with van der Waals surface area (Å²) in [6, 6.07) is 9.55. The van der Waals surface area contributed by atoms with E-state index in [4.69, 9.17) is 11.6 Å². The van der Waals surface area contributed by atoms with Gasteiger partial charge in [-0.15, -0.1) is 0 Å². The molecule has 11 heteroatoms. The Morgan fingerprint density at radius 1 is 1.19 bits per heavy atom. The maximum absolute atomic E-state index is 13.0. The molecule has 5 nitrogen and oxygen atoms in total. The third-order valence-electron chi connectivity index (χ3n) is 4.57. The molecule has 2 aromatic carbocycles. The average Bonchev–Trinajstić information content (AvgIpc) is 3.35. The first-order valence-corrected chi connectivity index (χ1v) is 11.0. The number of nitrogens with one attached hydrogen (secondary N) is 2. The van der Waals surface area contributed by atoms with Gasteiger partial charge in [0.25, 0.3) is 0 Å². The summed E-state index contributed by atoms with van der Waals surface area (Å²) >= 11 is 9.09. The highest BCUT2D eigenvalue weighted by atomic mass is 35.5. The van der Waals surface area contributed by atoms with Gasteiger partial charge in [-0.3, -0.25) is 0 Å². The van der Waals surface area contributed by atoms with Crippen LogP contribution in [0, 0.1) is 0 Å². The number of fused-ring (bicyclic) bond motifs is 2. The number of hydrogen-bond acceptors (Lipinski definition) is 6. The minimum Gasteiger partial charge on any atom is -0.326 e. The Labute approximate surface area is 187 Å². The van der Waals surface area contributed by atoms with E-state index < -0.39 is 11.7 Å². The lowest BCUT2D eigenvalue weighted by Crippen LogP contribution is -2.28. The van der Waals surface area contributed by atoms with Gasteiger partial charge < -0.3 is 14.6 Å². The van der Waals surface area contributed by atoms with Crippen LogP contribution in [0.1, 0.15) is 5.56 Å². The molecule has 0 saturated heterocycles. The number of aromatic nitrogens is 3. The van der Waals surface area contributed by atoms with Crippen LogP contribution in [0.4, 0.5) is 24.8 Å². The lowest BCUT2D eigenvalue weighted by Gasteiger charge is -2.18. The fourth-order valence-electron chi connectivity index (χ4n) is 3.12. The van der Waals surface area contributed by atoms with Gasteiger partial charge in [-0.1, -0.05) is 11.6 Å². The van der Waals surface area contributed by atoms with Crippen LogP contribution in [0.25, 0.3) is 23.3 Å². The Kier molecular flexibility index (Phi) is 5.07. The molecule has 0 bridgehead atoms. The van der Waals surface area contributed by atoms with E-state index in [0.717, 1.165) is 34.5 Å². The molecular formula is C20H13ClF3N5S2.